The van der Waals surface area contributed by atoms with Gasteiger partial charge in [0.15, 0.2) is 0 Å². The predicted molar refractivity (Wildman–Crippen MR) is 85.1 cm³/mol. The van der Waals surface area contributed by atoms with E-state index in [1.807, 2.05) is 17.5 Å². The fraction of sp³-hybridized carbons (Fsp3) is 0.312. The number of nitrogens with one attached hydrogen (secondary N) is 1. The Morgan fingerprint density at radius 1 is 1.30 bits per heavy atom. The number of para-hydroxylation sites is 1. The number of rotatable bonds is 7. The monoisotopic (exact) mass is 285 g/mol. The molecule has 20 heavy (non-hydrogen) atoms. The molecule has 0 saturated carbocycles. The lowest BCUT2D eigenvalue weighted by Crippen LogP contribution is -2.23. The predicted octanol–water partition coefficient (Wildman–Crippen LogP) is 3.24. The molecule has 1 aromatic carbocycles. The third-order valence-corrected chi connectivity index (χ3v) is 4.06. The van der Waals surface area contributed by atoms with Gasteiger partial charge < -0.3 is 10.2 Å². The molecule has 4 heteroatoms. The molecule has 0 aliphatic rings. The molecule has 1 aromatic heterocycles. The summed E-state index contributed by atoms with van der Waals surface area (Å²) in [4.78, 5) is 3.48. The lowest BCUT2D eigenvalue weighted by molar-refractivity contribution is 0.650. The molecule has 0 spiro atoms. The van der Waals surface area contributed by atoms with Crippen LogP contribution in [0.5, 0.6) is 0 Å². The zero-order chi connectivity index (χ0) is 14.2. The van der Waals surface area contributed by atoms with E-state index in [9.17, 15) is 0 Å². The molecule has 1 N–H and O–H groups in total. The van der Waals surface area contributed by atoms with Gasteiger partial charge in [0.2, 0.25) is 0 Å². The summed E-state index contributed by atoms with van der Waals surface area (Å²) in [5, 5.41) is 14.1. The summed E-state index contributed by atoms with van der Waals surface area (Å²) in [6, 6.07) is 14.5. The molecule has 0 atom stereocenters. The third-order valence-electron chi connectivity index (χ3n) is 3.13. The van der Waals surface area contributed by atoms with Gasteiger partial charge >= 0.3 is 0 Å². The van der Waals surface area contributed by atoms with Crippen LogP contribution in [0.4, 0.5) is 5.69 Å². The summed E-state index contributed by atoms with van der Waals surface area (Å²) in [6.07, 6.45) is 1.10. The van der Waals surface area contributed by atoms with Crippen LogP contribution in [0.25, 0.3) is 0 Å². The van der Waals surface area contributed by atoms with E-state index < -0.39 is 0 Å². The molecule has 3 nitrogen and oxygen atoms in total. The second-order valence-corrected chi connectivity index (χ2v) is 5.70. The molecule has 0 bridgehead atoms. The lowest BCUT2D eigenvalue weighted by Gasteiger charge is -2.19. The van der Waals surface area contributed by atoms with Crippen LogP contribution in [-0.2, 0) is 6.54 Å². The van der Waals surface area contributed by atoms with Crippen molar-refractivity contribution in [1.82, 2.24) is 5.32 Å². The SMILES string of the molecule is CN(CCCNCc1cc(C#N)cs1)c1ccccc1. The molecule has 0 saturated heterocycles. The van der Waals surface area contributed by atoms with Crippen LogP contribution in [0, 0.1) is 11.3 Å². The van der Waals surface area contributed by atoms with Gasteiger partial charge in [0.25, 0.3) is 0 Å². The first-order valence-electron chi connectivity index (χ1n) is 6.74. The maximum absolute atomic E-state index is 8.76. The maximum atomic E-state index is 8.76. The van der Waals surface area contributed by atoms with Gasteiger partial charge in [0.1, 0.15) is 6.07 Å². The topological polar surface area (TPSA) is 39.1 Å². The van der Waals surface area contributed by atoms with E-state index in [1.165, 1.54) is 10.6 Å². The Kier molecular flexibility index (Phi) is 5.60. The van der Waals surface area contributed by atoms with Gasteiger partial charge in [0, 0.05) is 36.1 Å². The van der Waals surface area contributed by atoms with Crippen LogP contribution in [0.3, 0.4) is 0 Å². The zero-order valence-electron chi connectivity index (χ0n) is 11.7. The second kappa shape index (κ2) is 7.68. The van der Waals surface area contributed by atoms with Gasteiger partial charge in [-0.05, 0) is 31.2 Å². The van der Waals surface area contributed by atoms with E-state index in [-0.39, 0.29) is 0 Å². The van der Waals surface area contributed by atoms with Crippen molar-refractivity contribution in [2.24, 2.45) is 0 Å². The van der Waals surface area contributed by atoms with Crippen molar-refractivity contribution in [1.29, 1.82) is 5.26 Å². The van der Waals surface area contributed by atoms with Crippen molar-refractivity contribution < 1.29 is 0 Å². The largest absolute Gasteiger partial charge is 0.375 e. The maximum Gasteiger partial charge on any atom is 0.100 e. The highest BCUT2D eigenvalue weighted by Gasteiger charge is 2.00. The van der Waals surface area contributed by atoms with E-state index in [4.69, 9.17) is 5.26 Å². The number of anilines is 1. The van der Waals surface area contributed by atoms with Gasteiger partial charge in [-0.1, -0.05) is 18.2 Å². The molecule has 0 aliphatic heterocycles. The van der Waals surface area contributed by atoms with E-state index in [1.54, 1.807) is 11.3 Å². The molecule has 104 valence electrons. The first kappa shape index (κ1) is 14.6. The van der Waals surface area contributed by atoms with Crippen molar-refractivity contribution >= 4 is 17.0 Å². The fourth-order valence-electron chi connectivity index (χ4n) is 2.00. The van der Waals surface area contributed by atoms with Crippen LogP contribution < -0.4 is 10.2 Å². The van der Waals surface area contributed by atoms with Gasteiger partial charge in [-0.2, -0.15) is 5.26 Å². The molecule has 0 aliphatic carbocycles. The van der Waals surface area contributed by atoms with Crippen LogP contribution in [0.15, 0.2) is 41.8 Å². The van der Waals surface area contributed by atoms with E-state index in [2.05, 4.69) is 47.6 Å². The summed E-state index contributed by atoms with van der Waals surface area (Å²) in [5.41, 5.74) is 2.01. The highest BCUT2D eigenvalue weighted by molar-refractivity contribution is 7.10. The van der Waals surface area contributed by atoms with E-state index in [0.29, 0.717) is 0 Å². The van der Waals surface area contributed by atoms with Gasteiger partial charge in [0.05, 0.1) is 5.56 Å². The zero-order valence-corrected chi connectivity index (χ0v) is 12.5. The van der Waals surface area contributed by atoms with Crippen molar-refractivity contribution in [2.75, 3.05) is 25.0 Å². The molecular weight excluding hydrogens is 266 g/mol. The summed E-state index contributed by atoms with van der Waals surface area (Å²) >= 11 is 1.64. The second-order valence-electron chi connectivity index (χ2n) is 4.70. The number of hydrogen-bond acceptors (Lipinski definition) is 4. The van der Waals surface area contributed by atoms with Gasteiger partial charge in [-0.15, -0.1) is 11.3 Å². The highest BCUT2D eigenvalue weighted by Crippen LogP contribution is 2.13. The Morgan fingerprint density at radius 3 is 2.80 bits per heavy atom. The van der Waals surface area contributed by atoms with Crippen LogP contribution in [0.2, 0.25) is 0 Å². The Balaban J connectivity index is 1.63. The minimum Gasteiger partial charge on any atom is -0.375 e. The van der Waals surface area contributed by atoms with E-state index in [0.717, 1.165) is 31.6 Å². The quantitative estimate of drug-likeness (QED) is 0.794. The first-order chi connectivity index (χ1) is 9.79. The molecule has 0 unspecified atom stereocenters. The van der Waals surface area contributed by atoms with Gasteiger partial charge in [-0.25, -0.2) is 0 Å². The Labute approximate surface area is 124 Å². The first-order valence-corrected chi connectivity index (χ1v) is 7.62. The summed E-state index contributed by atoms with van der Waals surface area (Å²) in [7, 11) is 2.12. The van der Waals surface area contributed by atoms with Gasteiger partial charge in [-0.3, -0.25) is 0 Å². The minimum atomic E-state index is 0.760. The number of nitrogens with zero attached hydrogens (tertiary/aromatic N) is 2. The molecular formula is C16H19N3S. The fourth-order valence-corrected chi connectivity index (χ4v) is 2.78. The van der Waals surface area contributed by atoms with Crippen molar-refractivity contribution in [3.8, 4) is 6.07 Å². The smallest absolute Gasteiger partial charge is 0.100 e. The van der Waals surface area contributed by atoms with Crippen LogP contribution >= 0.6 is 11.3 Å². The van der Waals surface area contributed by atoms with Crippen molar-refractivity contribution in [2.45, 2.75) is 13.0 Å². The number of nitriles is 1. The molecule has 0 amide bonds. The Bertz CT molecular complexity index is 557. The average Bonchev–Trinajstić information content (AvgIpc) is 2.95. The molecule has 2 aromatic rings. The Hall–Kier alpha value is -1.83. The highest BCUT2D eigenvalue weighted by atomic mass is 32.1. The normalized spacial score (nSPS) is 10.2. The molecule has 0 radical (unpaired) electrons. The Morgan fingerprint density at radius 2 is 2.10 bits per heavy atom. The van der Waals surface area contributed by atoms with Crippen molar-refractivity contribution in [3.05, 3.63) is 52.2 Å². The minimum absolute atomic E-state index is 0.760. The lowest BCUT2D eigenvalue weighted by atomic mass is 10.3. The number of benzene rings is 1. The van der Waals surface area contributed by atoms with Crippen molar-refractivity contribution in [3.63, 3.8) is 0 Å². The summed E-state index contributed by atoms with van der Waals surface area (Å²) < 4.78 is 0. The summed E-state index contributed by atoms with van der Waals surface area (Å²) in [5.74, 6) is 0. The average molecular weight is 285 g/mol. The number of hydrogen-bond donors (Lipinski definition) is 1. The standard InChI is InChI=1S/C16H19N3S/c1-19(15-6-3-2-4-7-15)9-5-8-18-12-16-10-14(11-17)13-20-16/h2-4,6-7,10,13,18H,5,8-9,12H2,1H3. The molecule has 0 fully saturated rings. The van der Waals surface area contributed by atoms with E-state index >= 15 is 0 Å². The molecule has 1 heterocycles. The van der Waals surface area contributed by atoms with Crippen LogP contribution in [0.1, 0.15) is 16.9 Å². The summed E-state index contributed by atoms with van der Waals surface area (Å²) in [6.45, 7) is 2.86. The van der Waals surface area contributed by atoms with Crippen LogP contribution in [-0.4, -0.2) is 20.1 Å². The number of thiophene rings is 1. The third kappa shape index (κ3) is 4.37. The molecule has 2 rings (SSSR count).